The molecule has 0 saturated carbocycles. The van der Waals surface area contributed by atoms with Crippen LogP contribution >= 0.6 is 0 Å². The van der Waals surface area contributed by atoms with Gasteiger partial charge in [0.1, 0.15) is 0 Å². The normalized spacial score (nSPS) is 26.7. The zero-order chi connectivity index (χ0) is 13.6. The van der Waals surface area contributed by atoms with Crippen molar-refractivity contribution in [3.05, 3.63) is 34.2 Å². The molecule has 1 saturated heterocycles. The van der Waals surface area contributed by atoms with Gasteiger partial charge in [-0.05, 0) is 25.3 Å². The number of fused-ring (bicyclic) bond motifs is 4. The predicted octanol–water partition coefficient (Wildman–Crippen LogP) is 0.141. The summed E-state index contributed by atoms with van der Waals surface area (Å²) >= 11 is 0. The smallest absolute Gasteiger partial charge is 0.250 e. The van der Waals surface area contributed by atoms with Crippen LogP contribution in [0.2, 0.25) is 0 Å². The summed E-state index contributed by atoms with van der Waals surface area (Å²) in [4.78, 5) is 25.8. The first kappa shape index (κ1) is 12.4. The largest absolute Gasteiger partial charge is 0.340 e. The summed E-state index contributed by atoms with van der Waals surface area (Å²) < 4.78 is 1.87. The van der Waals surface area contributed by atoms with Gasteiger partial charge in [-0.1, -0.05) is 6.07 Å². The second kappa shape index (κ2) is 4.49. The first-order chi connectivity index (χ1) is 9.06. The maximum absolute atomic E-state index is 12.0. The molecule has 5 heteroatoms. The molecule has 19 heavy (non-hydrogen) atoms. The molecular weight excluding hydrogens is 242 g/mol. The van der Waals surface area contributed by atoms with E-state index in [0.29, 0.717) is 19.0 Å². The summed E-state index contributed by atoms with van der Waals surface area (Å²) in [5.74, 6) is 0.652. The van der Waals surface area contributed by atoms with Crippen molar-refractivity contribution in [2.45, 2.75) is 31.8 Å². The van der Waals surface area contributed by atoms with Gasteiger partial charge >= 0.3 is 0 Å². The van der Waals surface area contributed by atoms with Crippen LogP contribution in [0.25, 0.3) is 0 Å². The van der Waals surface area contributed by atoms with Crippen LogP contribution in [0.1, 0.15) is 25.0 Å². The van der Waals surface area contributed by atoms with Gasteiger partial charge in [-0.25, -0.2) is 0 Å². The molecule has 2 bridgehead atoms. The molecule has 0 radical (unpaired) electrons. The van der Waals surface area contributed by atoms with E-state index in [0.717, 1.165) is 18.7 Å². The average molecular weight is 261 g/mol. The Labute approximate surface area is 112 Å². The molecule has 3 atom stereocenters. The third kappa shape index (κ3) is 2.08. The summed E-state index contributed by atoms with van der Waals surface area (Å²) in [5, 5.41) is 0. The second-order valence-corrected chi connectivity index (χ2v) is 5.73. The first-order valence-electron chi connectivity index (χ1n) is 6.80. The molecule has 0 aliphatic carbocycles. The van der Waals surface area contributed by atoms with Crippen LogP contribution in [0, 0.1) is 5.92 Å². The van der Waals surface area contributed by atoms with Crippen LogP contribution in [0.3, 0.4) is 0 Å². The van der Waals surface area contributed by atoms with Gasteiger partial charge in [0.2, 0.25) is 5.91 Å². The van der Waals surface area contributed by atoms with Crippen molar-refractivity contribution < 1.29 is 4.79 Å². The van der Waals surface area contributed by atoms with Crippen molar-refractivity contribution >= 4 is 5.91 Å². The standard InChI is InChI=1S/C14H19N3O2/c1-9(15)14(19)16-6-10-5-11(8-16)12-3-2-4-13(18)17(12)7-10/h2-4,9-11H,5-8,15H2,1H3/t9-,10-,11-/m0/s1. The van der Waals surface area contributed by atoms with Crippen molar-refractivity contribution in [2.24, 2.45) is 11.7 Å². The van der Waals surface area contributed by atoms with Crippen LogP contribution in [0.15, 0.2) is 23.0 Å². The van der Waals surface area contributed by atoms with Gasteiger partial charge in [0.25, 0.3) is 5.56 Å². The Kier molecular flexibility index (Phi) is 2.93. The highest BCUT2D eigenvalue weighted by Gasteiger charge is 2.36. The summed E-state index contributed by atoms with van der Waals surface area (Å²) in [7, 11) is 0. The summed E-state index contributed by atoms with van der Waals surface area (Å²) in [5.41, 5.74) is 6.82. The van der Waals surface area contributed by atoms with Crippen LogP contribution in [-0.4, -0.2) is 34.5 Å². The highest BCUT2D eigenvalue weighted by Crippen LogP contribution is 2.34. The first-order valence-corrected chi connectivity index (χ1v) is 6.80. The fourth-order valence-electron chi connectivity index (χ4n) is 3.36. The van der Waals surface area contributed by atoms with Crippen molar-refractivity contribution in [3.8, 4) is 0 Å². The number of likely N-dealkylation sites (tertiary alicyclic amines) is 1. The lowest BCUT2D eigenvalue weighted by atomic mass is 9.83. The van der Waals surface area contributed by atoms with Crippen LogP contribution in [0.5, 0.6) is 0 Å². The van der Waals surface area contributed by atoms with E-state index >= 15 is 0 Å². The molecule has 1 fully saturated rings. The number of piperidine rings is 1. The van der Waals surface area contributed by atoms with Crippen molar-refractivity contribution in [1.82, 2.24) is 9.47 Å². The number of aromatic nitrogens is 1. The molecule has 1 amide bonds. The molecule has 1 aromatic rings. The number of nitrogens with zero attached hydrogens (tertiary/aromatic N) is 2. The van der Waals surface area contributed by atoms with Gasteiger partial charge in [-0.15, -0.1) is 0 Å². The van der Waals surface area contributed by atoms with Gasteiger partial charge in [-0.2, -0.15) is 0 Å². The maximum Gasteiger partial charge on any atom is 0.250 e. The lowest BCUT2D eigenvalue weighted by Gasteiger charge is -2.43. The molecule has 102 valence electrons. The van der Waals surface area contributed by atoms with Crippen LogP contribution in [0.4, 0.5) is 0 Å². The summed E-state index contributed by atoms with van der Waals surface area (Å²) in [6, 6.07) is 4.97. The molecule has 5 nitrogen and oxygen atoms in total. The van der Waals surface area contributed by atoms with E-state index in [2.05, 4.69) is 0 Å². The zero-order valence-electron chi connectivity index (χ0n) is 11.1. The monoisotopic (exact) mass is 261 g/mol. The number of hydrogen-bond donors (Lipinski definition) is 1. The minimum Gasteiger partial charge on any atom is -0.340 e. The van der Waals surface area contributed by atoms with Crippen molar-refractivity contribution in [3.63, 3.8) is 0 Å². The molecule has 2 aliphatic rings. The predicted molar refractivity (Wildman–Crippen MR) is 71.8 cm³/mol. The SMILES string of the molecule is C[C@H](N)C(=O)N1C[C@@H]2C[C@@H](C1)c1cccc(=O)n1C2. The number of nitrogens with two attached hydrogens (primary N) is 1. The van der Waals surface area contributed by atoms with Gasteiger partial charge < -0.3 is 15.2 Å². The van der Waals surface area contributed by atoms with E-state index < -0.39 is 6.04 Å². The molecular formula is C14H19N3O2. The van der Waals surface area contributed by atoms with E-state index in [1.807, 2.05) is 15.5 Å². The van der Waals surface area contributed by atoms with Gasteiger partial charge in [0, 0.05) is 37.3 Å². The number of hydrogen-bond acceptors (Lipinski definition) is 3. The highest BCUT2D eigenvalue weighted by atomic mass is 16.2. The molecule has 3 heterocycles. The van der Waals surface area contributed by atoms with E-state index in [1.54, 1.807) is 19.1 Å². The summed E-state index contributed by atoms with van der Waals surface area (Å²) in [6.45, 7) is 3.84. The zero-order valence-corrected chi connectivity index (χ0v) is 11.1. The summed E-state index contributed by atoms with van der Waals surface area (Å²) in [6.07, 6.45) is 1.06. The number of amides is 1. The Morgan fingerprint density at radius 2 is 2.16 bits per heavy atom. The average Bonchev–Trinajstić information content (AvgIpc) is 2.39. The van der Waals surface area contributed by atoms with Crippen LogP contribution in [-0.2, 0) is 11.3 Å². The van der Waals surface area contributed by atoms with E-state index in [9.17, 15) is 9.59 Å². The van der Waals surface area contributed by atoms with Crippen molar-refractivity contribution in [2.75, 3.05) is 13.1 Å². The van der Waals surface area contributed by atoms with E-state index in [1.165, 1.54) is 0 Å². The Balaban J connectivity index is 1.92. The number of carbonyl (C=O) groups is 1. The Morgan fingerprint density at radius 1 is 1.37 bits per heavy atom. The number of rotatable bonds is 1. The molecule has 2 aliphatic heterocycles. The lowest BCUT2D eigenvalue weighted by Crippen LogP contribution is -2.52. The molecule has 2 N–H and O–H groups in total. The second-order valence-electron chi connectivity index (χ2n) is 5.73. The Morgan fingerprint density at radius 3 is 2.89 bits per heavy atom. The minimum atomic E-state index is -0.447. The van der Waals surface area contributed by atoms with Gasteiger partial charge in [0.15, 0.2) is 0 Å². The topological polar surface area (TPSA) is 68.3 Å². The van der Waals surface area contributed by atoms with Crippen LogP contribution < -0.4 is 11.3 Å². The fourth-order valence-corrected chi connectivity index (χ4v) is 3.36. The molecule has 3 rings (SSSR count). The third-order valence-electron chi connectivity index (χ3n) is 4.18. The quantitative estimate of drug-likeness (QED) is 0.782. The third-order valence-corrected chi connectivity index (χ3v) is 4.18. The highest BCUT2D eigenvalue weighted by molar-refractivity contribution is 5.81. The molecule has 0 unspecified atom stereocenters. The van der Waals surface area contributed by atoms with Crippen molar-refractivity contribution in [1.29, 1.82) is 0 Å². The van der Waals surface area contributed by atoms with E-state index in [-0.39, 0.29) is 17.4 Å². The lowest BCUT2D eigenvalue weighted by molar-refractivity contribution is -0.134. The minimum absolute atomic E-state index is 0.0152. The maximum atomic E-state index is 12.0. The molecule has 1 aromatic heterocycles. The Bertz CT molecular complexity index is 564. The Hall–Kier alpha value is -1.62. The molecule has 0 spiro atoms. The van der Waals surface area contributed by atoms with E-state index in [4.69, 9.17) is 5.73 Å². The fraction of sp³-hybridized carbons (Fsp3) is 0.571. The van der Waals surface area contributed by atoms with Gasteiger partial charge in [0.05, 0.1) is 6.04 Å². The number of carbonyl (C=O) groups excluding carboxylic acids is 1. The number of pyridine rings is 1. The van der Waals surface area contributed by atoms with Gasteiger partial charge in [-0.3, -0.25) is 9.59 Å². The molecule has 0 aromatic carbocycles.